The number of carbonyl (C=O) groups is 2. The van der Waals surface area contributed by atoms with Crippen molar-refractivity contribution in [1.29, 1.82) is 0 Å². The van der Waals surface area contributed by atoms with Crippen LogP contribution in [0.3, 0.4) is 0 Å². The Bertz CT molecular complexity index is 969. The van der Waals surface area contributed by atoms with Crippen molar-refractivity contribution >= 4 is 23.2 Å². The van der Waals surface area contributed by atoms with E-state index < -0.39 is 0 Å². The summed E-state index contributed by atoms with van der Waals surface area (Å²) in [6, 6.07) is 21.9. The van der Waals surface area contributed by atoms with E-state index in [1.54, 1.807) is 11.3 Å². The number of hydrogen-bond acceptors (Lipinski definition) is 3. The fraction of sp³-hybridized carbons (Fsp3) is 0.250. The minimum absolute atomic E-state index is 0.0429. The number of amides is 2. The van der Waals surface area contributed by atoms with Crippen molar-refractivity contribution in [3.05, 3.63) is 93.7 Å². The standard InChI is InChI=1S/C24H24N2O2S/c27-22(17-18-7-3-1-4-8-18)25-14-11-23(28)26-15-12-21-20(13-16-29-21)24(26)19-9-5-2-6-10-19/h1-10,13,16,24H,11-12,14-15,17H2,(H,25,27)/t24-/m1/s1. The quantitative estimate of drug-likeness (QED) is 0.676. The minimum atomic E-state index is -0.0534. The highest BCUT2D eigenvalue weighted by molar-refractivity contribution is 7.10. The fourth-order valence-corrected chi connectivity index (χ4v) is 4.78. The molecule has 0 saturated heterocycles. The second kappa shape index (κ2) is 9.05. The number of rotatable bonds is 6. The zero-order valence-electron chi connectivity index (χ0n) is 16.2. The van der Waals surface area contributed by atoms with Gasteiger partial charge < -0.3 is 10.2 Å². The highest BCUT2D eigenvalue weighted by Crippen LogP contribution is 2.37. The summed E-state index contributed by atoms with van der Waals surface area (Å²) in [5.41, 5.74) is 3.34. The topological polar surface area (TPSA) is 49.4 Å². The zero-order valence-corrected chi connectivity index (χ0v) is 17.0. The zero-order chi connectivity index (χ0) is 20.1. The van der Waals surface area contributed by atoms with E-state index in [1.807, 2.05) is 53.4 Å². The molecule has 2 amide bonds. The lowest BCUT2D eigenvalue weighted by Gasteiger charge is -2.36. The van der Waals surface area contributed by atoms with Gasteiger partial charge in [-0.1, -0.05) is 60.7 Å². The van der Waals surface area contributed by atoms with E-state index in [9.17, 15) is 9.59 Å². The van der Waals surface area contributed by atoms with E-state index in [1.165, 1.54) is 10.4 Å². The molecule has 0 fully saturated rings. The summed E-state index contributed by atoms with van der Waals surface area (Å²) >= 11 is 1.77. The number of nitrogens with one attached hydrogen (secondary N) is 1. The van der Waals surface area contributed by atoms with Gasteiger partial charge in [-0.25, -0.2) is 0 Å². The molecule has 29 heavy (non-hydrogen) atoms. The largest absolute Gasteiger partial charge is 0.355 e. The summed E-state index contributed by atoms with van der Waals surface area (Å²) in [6.45, 7) is 1.07. The Hall–Kier alpha value is -2.92. The van der Waals surface area contributed by atoms with E-state index in [2.05, 4.69) is 28.9 Å². The van der Waals surface area contributed by atoms with Crippen LogP contribution in [0, 0.1) is 0 Å². The Morgan fingerprint density at radius 2 is 1.72 bits per heavy atom. The van der Waals surface area contributed by atoms with E-state index in [-0.39, 0.29) is 17.9 Å². The molecule has 5 heteroatoms. The van der Waals surface area contributed by atoms with Crippen molar-refractivity contribution in [1.82, 2.24) is 10.2 Å². The highest BCUT2D eigenvalue weighted by Gasteiger charge is 2.32. The first kappa shape index (κ1) is 19.4. The Morgan fingerprint density at radius 3 is 2.48 bits per heavy atom. The predicted molar refractivity (Wildman–Crippen MR) is 116 cm³/mol. The third kappa shape index (κ3) is 4.57. The Morgan fingerprint density at radius 1 is 1.00 bits per heavy atom. The smallest absolute Gasteiger partial charge is 0.225 e. The molecule has 4 rings (SSSR count). The molecule has 1 aromatic heterocycles. The van der Waals surface area contributed by atoms with Gasteiger partial charge in [0.05, 0.1) is 12.5 Å². The molecule has 2 heterocycles. The van der Waals surface area contributed by atoms with Crippen molar-refractivity contribution in [3.8, 4) is 0 Å². The second-order valence-electron chi connectivity index (χ2n) is 7.21. The third-order valence-electron chi connectivity index (χ3n) is 5.27. The van der Waals surface area contributed by atoms with Gasteiger partial charge in [0.15, 0.2) is 0 Å². The maximum Gasteiger partial charge on any atom is 0.225 e. The first-order chi connectivity index (χ1) is 14.2. The molecule has 0 unspecified atom stereocenters. The lowest BCUT2D eigenvalue weighted by molar-refractivity contribution is -0.133. The van der Waals surface area contributed by atoms with Crippen LogP contribution >= 0.6 is 11.3 Å². The van der Waals surface area contributed by atoms with Crippen molar-refractivity contribution in [2.24, 2.45) is 0 Å². The normalized spacial score (nSPS) is 15.6. The summed E-state index contributed by atoms with van der Waals surface area (Å²) in [5, 5.41) is 5.00. The van der Waals surface area contributed by atoms with Gasteiger partial charge in [-0.05, 0) is 34.6 Å². The van der Waals surface area contributed by atoms with Gasteiger partial charge in [-0.15, -0.1) is 11.3 Å². The van der Waals surface area contributed by atoms with Crippen LogP contribution in [0.15, 0.2) is 72.1 Å². The maximum absolute atomic E-state index is 13.0. The van der Waals surface area contributed by atoms with Crippen LogP contribution in [0.2, 0.25) is 0 Å². The average molecular weight is 405 g/mol. The molecular weight excluding hydrogens is 380 g/mol. The number of nitrogens with zero attached hydrogens (tertiary/aromatic N) is 1. The van der Waals surface area contributed by atoms with Crippen LogP contribution in [0.1, 0.15) is 34.0 Å². The molecule has 0 spiro atoms. The molecule has 1 aliphatic rings. The molecule has 1 aliphatic heterocycles. The first-order valence-electron chi connectivity index (χ1n) is 9.93. The number of benzene rings is 2. The van der Waals surface area contributed by atoms with Gasteiger partial charge in [0.25, 0.3) is 0 Å². The average Bonchev–Trinajstić information content (AvgIpc) is 3.23. The van der Waals surface area contributed by atoms with Crippen LogP contribution < -0.4 is 5.32 Å². The van der Waals surface area contributed by atoms with Crippen molar-refractivity contribution < 1.29 is 9.59 Å². The molecule has 0 bridgehead atoms. The number of carbonyl (C=O) groups excluding carboxylic acids is 2. The van der Waals surface area contributed by atoms with Gasteiger partial charge in [0.2, 0.25) is 11.8 Å². The number of thiophene rings is 1. The van der Waals surface area contributed by atoms with E-state index in [0.717, 1.165) is 17.5 Å². The summed E-state index contributed by atoms with van der Waals surface area (Å²) < 4.78 is 0. The van der Waals surface area contributed by atoms with Crippen molar-refractivity contribution in [2.45, 2.75) is 25.3 Å². The van der Waals surface area contributed by atoms with Gasteiger partial charge in [0.1, 0.15) is 0 Å². The molecule has 3 aromatic rings. The van der Waals surface area contributed by atoms with E-state index >= 15 is 0 Å². The maximum atomic E-state index is 13.0. The lowest BCUT2D eigenvalue weighted by atomic mass is 9.93. The molecule has 0 saturated carbocycles. The first-order valence-corrected chi connectivity index (χ1v) is 10.8. The molecule has 2 aromatic carbocycles. The van der Waals surface area contributed by atoms with Gasteiger partial charge in [0, 0.05) is 24.4 Å². The molecule has 4 nitrogen and oxygen atoms in total. The molecule has 0 radical (unpaired) electrons. The number of fused-ring (bicyclic) bond motifs is 1. The van der Waals surface area contributed by atoms with Crippen molar-refractivity contribution in [3.63, 3.8) is 0 Å². The van der Waals surface area contributed by atoms with Gasteiger partial charge >= 0.3 is 0 Å². The molecule has 148 valence electrons. The summed E-state index contributed by atoms with van der Waals surface area (Å²) in [4.78, 5) is 28.5. The van der Waals surface area contributed by atoms with Gasteiger partial charge in [-0.3, -0.25) is 9.59 Å². The molecular formula is C24H24N2O2S. The van der Waals surface area contributed by atoms with E-state index in [4.69, 9.17) is 0 Å². The molecule has 1 N–H and O–H groups in total. The fourth-order valence-electron chi connectivity index (χ4n) is 3.88. The Kier molecular flexibility index (Phi) is 6.06. The molecule has 0 aliphatic carbocycles. The Balaban J connectivity index is 1.39. The predicted octanol–water partition coefficient (Wildman–Crippen LogP) is 3.97. The van der Waals surface area contributed by atoms with Crippen LogP contribution in [-0.4, -0.2) is 29.8 Å². The summed E-state index contributed by atoms with van der Waals surface area (Å²) in [6.07, 6.45) is 1.54. The molecule has 1 atom stereocenters. The number of hydrogen-bond donors (Lipinski definition) is 1. The third-order valence-corrected chi connectivity index (χ3v) is 6.27. The summed E-state index contributed by atoms with van der Waals surface area (Å²) in [5.74, 6) is 0.0260. The van der Waals surface area contributed by atoms with Crippen LogP contribution in [0.4, 0.5) is 0 Å². The van der Waals surface area contributed by atoms with Crippen LogP contribution in [0.5, 0.6) is 0 Å². The monoisotopic (exact) mass is 404 g/mol. The van der Waals surface area contributed by atoms with E-state index in [0.29, 0.717) is 25.9 Å². The highest BCUT2D eigenvalue weighted by atomic mass is 32.1. The lowest BCUT2D eigenvalue weighted by Crippen LogP contribution is -2.41. The SMILES string of the molecule is O=C(Cc1ccccc1)NCCC(=O)N1CCc2sccc2[C@H]1c1ccccc1. The summed E-state index contributed by atoms with van der Waals surface area (Å²) in [7, 11) is 0. The Labute approximate surface area is 175 Å². The van der Waals surface area contributed by atoms with Crippen molar-refractivity contribution in [2.75, 3.05) is 13.1 Å². The van der Waals surface area contributed by atoms with Crippen LogP contribution in [-0.2, 0) is 22.4 Å². The van der Waals surface area contributed by atoms with Gasteiger partial charge in [-0.2, -0.15) is 0 Å². The second-order valence-corrected chi connectivity index (χ2v) is 8.21. The van der Waals surface area contributed by atoms with Crippen LogP contribution in [0.25, 0.3) is 0 Å². The minimum Gasteiger partial charge on any atom is -0.355 e.